The van der Waals surface area contributed by atoms with Crippen LogP contribution in [0.5, 0.6) is 0 Å². The van der Waals surface area contributed by atoms with E-state index < -0.39 is 15.8 Å². The van der Waals surface area contributed by atoms with Gasteiger partial charge >= 0.3 is 0 Å². The number of halogens is 1. The first-order valence-electron chi connectivity index (χ1n) is 7.23. The van der Waals surface area contributed by atoms with E-state index in [9.17, 15) is 12.8 Å². The van der Waals surface area contributed by atoms with Gasteiger partial charge in [0, 0.05) is 25.7 Å². The number of aromatic nitrogens is 2. The smallest absolute Gasteiger partial charge is 0.243 e. The van der Waals surface area contributed by atoms with Gasteiger partial charge in [-0.2, -0.15) is 9.40 Å². The summed E-state index contributed by atoms with van der Waals surface area (Å²) in [5, 5.41) is 4.48. The van der Waals surface area contributed by atoms with E-state index >= 15 is 0 Å². The monoisotopic (exact) mass is 338 g/mol. The highest BCUT2D eigenvalue weighted by Crippen LogP contribution is 2.30. The van der Waals surface area contributed by atoms with Crippen molar-refractivity contribution in [2.45, 2.75) is 24.5 Å². The second-order valence-electron chi connectivity index (χ2n) is 5.96. The van der Waals surface area contributed by atoms with E-state index in [1.54, 1.807) is 4.68 Å². The molecule has 0 spiro atoms. The summed E-state index contributed by atoms with van der Waals surface area (Å²) in [5.74, 6) is -0.453. The normalized spacial score (nSPS) is 15.3. The molecule has 1 aliphatic rings. The molecule has 1 aromatic carbocycles. The van der Waals surface area contributed by atoms with E-state index in [-0.39, 0.29) is 11.4 Å². The van der Waals surface area contributed by atoms with Crippen molar-refractivity contribution < 1.29 is 12.8 Å². The Morgan fingerprint density at radius 3 is 2.48 bits per heavy atom. The van der Waals surface area contributed by atoms with Crippen molar-refractivity contribution in [2.24, 2.45) is 7.05 Å². The van der Waals surface area contributed by atoms with Gasteiger partial charge in [0.05, 0.1) is 22.8 Å². The van der Waals surface area contributed by atoms with Gasteiger partial charge in [0.25, 0.3) is 0 Å². The number of fused-ring (bicyclic) bond motifs is 1. The SMILES string of the molecule is CN(C)Cc1nn(C)c2c1CN(S(=O)(=O)c1ccc(F)cc1)C2. The maximum Gasteiger partial charge on any atom is 0.243 e. The predicted octanol–water partition coefficient (Wildman–Crippen LogP) is 1.33. The average Bonchev–Trinajstić information content (AvgIpc) is 3.02. The third-order valence-corrected chi connectivity index (χ3v) is 5.74. The molecule has 0 fully saturated rings. The third-order valence-electron chi connectivity index (χ3n) is 3.94. The number of aryl methyl sites for hydroxylation is 1. The molecule has 1 aliphatic heterocycles. The van der Waals surface area contributed by atoms with Crippen LogP contribution >= 0.6 is 0 Å². The van der Waals surface area contributed by atoms with Crippen LogP contribution in [-0.2, 0) is 36.7 Å². The van der Waals surface area contributed by atoms with Crippen molar-refractivity contribution in [1.29, 1.82) is 0 Å². The van der Waals surface area contributed by atoms with Gasteiger partial charge in [0.1, 0.15) is 5.82 Å². The molecule has 0 saturated heterocycles. The van der Waals surface area contributed by atoms with Gasteiger partial charge in [-0.15, -0.1) is 0 Å². The number of hydrogen-bond acceptors (Lipinski definition) is 4. The van der Waals surface area contributed by atoms with Crippen molar-refractivity contribution in [2.75, 3.05) is 14.1 Å². The Hall–Kier alpha value is -1.77. The van der Waals surface area contributed by atoms with E-state index in [4.69, 9.17) is 0 Å². The van der Waals surface area contributed by atoms with Crippen LogP contribution in [-0.4, -0.2) is 41.5 Å². The summed E-state index contributed by atoms with van der Waals surface area (Å²) < 4.78 is 41.6. The molecule has 0 amide bonds. The summed E-state index contributed by atoms with van der Waals surface area (Å²) in [6, 6.07) is 4.92. The van der Waals surface area contributed by atoms with Crippen LogP contribution in [0, 0.1) is 5.82 Å². The molecule has 0 aliphatic carbocycles. The molecule has 1 aromatic heterocycles. The number of sulfonamides is 1. The molecular weight excluding hydrogens is 319 g/mol. The van der Waals surface area contributed by atoms with E-state index in [1.807, 2.05) is 26.0 Å². The van der Waals surface area contributed by atoms with Crippen molar-refractivity contribution in [3.8, 4) is 0 Å². The summed E-state index contributed by atoms with van der Waals surface area (Å²) in [4.78, 5) is 2.11. The Labute approximate surface area is 135 Å². The average molecular weight is 338 g/mol. The molecule has 6 nitrogen and oxygen atoms in total. The van der Waals surface area contributed by atoms with Crippen molar-refractivity contribution >= 4 is 10.0 Å². The lowest BCUT2D eigenvalue weighted by Gasteiger charge is -2.16. The molecular formula is C15H19FN4O2S. The highest BCUT2D eigenvalue weighted by molar-refractivity contribution is 7.89. The largest absolute Gasteiger partial charge is 0.303 e. The van der Waals surface area contributed by atoms with E-state index in [0.717, 1.165) is 29.1 Å². The van der Waals surface area contributed by atoms with Gasteiger partial charge in [-0.3, -0.25) is 4.68 Å². The summed E-state index contributed by atoms with van der Waals surface area (Å²) in [7, 11) is 2.08. The molecule has 2 heterocycles. The van der Waals surface area contributed by atoms with Gasteiger partial charge < -0.3 is 4.90 Å². The van der Waals surface area contributed by atoms with E-state index in [0.29, 0.717) is 13.1 Å². The zero-order valence-electron chi connectivity index (χ0n) is 13.3. The lowest BCUT2D eigenvalue weighted by Crippen LogP contribution is -2.27. The van der Waals surface area contributed by atoms with Gasteiger partial charge in [0.2, 0.25) is 10.0 Å². The van der Waals surface area contributed by atoms with Crippen LogP contribution in [0.2, 0.25) is 0 Å². The number of rotatable bonds is 4. The van der Waals surface area contributed by atoms with Crippen molar-refractivity contribution in [3.63, 3.8) is 0 Å². The fourth-order valence-electron chi connectivity index (χ4n) is 2.80. The topological polar surface area (TPSA) is 58.4 Å². The first kappa shape index (κ1) is 16.1. The summed E-state index contributed by atoms with van der Waals surface area (Å²) in [6.45, 7) is 1.24. The molecule has 2 aromatic rings. The summed E-state index contributed by atoms with van der Waals surface area (Å²) in [5.41, 5.74) is 2.77. The fourth-order valence-corrected chi connectivity index (χ4v) is 4.16. The Kier molecular flexibility index (Phi) is 3.99. The van der Waals surface area contributed by atoms with E-state index in [2.05, 4.69) is 5.10 Å². The molecule has 0 atom stereocenters. The van der Waals surface area contributed by atoms with Crippen LogP contribution in [0.25, 0.3) is 0 Å². The number of nitrogens with zero attached hydrogens (tertiary/aromatic N) is 4. The maximum atomic E-state index is 13.0. The van der Waals surface area contributed by atoms with Gasteiger partial charge in [-0.05, 0) is 38.4 Å². The van der Waals surface area contributed by atoms with Crippen LogP contribution in [0.1, 0.15) is 17.0 Å². The highest BCUT2D eigenvalue weighted by atomic mass is 32.2. The molecule has 0 unspecified atom stereocenters. The first-order chi connectivity index (χ1) is 10.8. The summed E-state index contributed by atoms with van der Waals surface area (Å²) in [6.07, 6.45) is 0. The van der Waals surface area contributed by atoms with Crippen LogP contribution in [0.4, 0.5) is 4.39 Å². The Balaban J connectivity index is 1.91. The summed E-state index contributed by atoms with van der Waals surface area (Å²) >= 11 is 0. The highest BCUT2D eigenvalue weighted by Gasteiger charge is 2.34. The van der Waals surface area contributed by atoms with Gasteiger partial charge in [-0.25, -0.2) is 12.8 Å². The molecule has 8 heteroatoms. The minimum atomic E-state index is -3.64. The van der Waals surface area contributed by atoms with E-state index in [1.165, 1.54) is 16.4 Å². The predicted molar refractivity (Wildman–Crippen MR) is 83.4 cm³/mol. The van der Waals surface area contributed by atoms with Crippen molar-refractivity contribution in [1.82, 2.24) is 19.0 Å². The quantitative estimate of drug-likeness (QED) is 0.844. The minimum Gasteiger partial charge on any atom is -0.303 e. The lowest BCUT2D eigenvalue weighted by molar-refractivity contribution is 0.384. The van der Waals surface area contributed by atoms with Crippen LogP contribution < -0.4 is 0 Å². The van der Waals surface area contributed by atoms with Gasteiger partial charge in [0.15, 0.2) is 0 Å². The first-order valence-corrected chi connectivity index (χ1v) is 8.67. The van der Waals surface area contributed by atoms with Crippen molar-refractivity contribution in [3.05, 3.63) is 47.0 Å². The zero-order chi connectivity index (χ0) is 16.8. The zero-order valence-corrected chi connectivity index (χ0v) is 14.1. The molecule has 0 radical (unpaired) electrons. The molecule has 0 saturated carbocycles. The molecule has 0 bridgehead atoms. The Bertz CT molecular complexity index is 828. The standard InChI is InChI=1S/C15H19FN4O2S/c1-18(2)9-14-13-8-20(10-15(13)19(3)17-14)23(21,22)12-6-4-11(16)5-7-12/h4-7H,8-10H2,1-3H3. The number of hydrogen-bond donors (Lipinski definition) is 0. The molecule has 23 heavy (non-hydrogen) atoms. The maximum absolute atomic E-state index is 13.0. The number of benzene rings is 1. The Morgan fingerprint density at radius 1 is 1.22 bits per heavy atom. The van der Waals surface area contributed by atoms with Crippen LogP contribution in [0.15, 0.2) is 29.2 Å². The molecule has 0 N–H and O–H groups in total. The Morgan fingerprint density at radius 2 is 1.87 bits per heavy atom. The molecule has 124 valence electrons. The van der Waals surface area contributed by atoms with Gasteiger partial charge in [-0.1, -0.05) is 0 Å². The van der Waals surface area contributed by atoms with Crippen LogP contribution in [0.3, 0.4) is 0 Å². The fraction of sp³-hybridized carbons (Fsp3) is 0.400. The third kappa shape index (κ3) is 2.89. The molecule has 3 rings (SSSR count). The second-order valence-corrected chi connectivity index (χ2v) is 7.90. The second kappa shape index (κ2) is 5.70. The lowest BCUT2D eigenvalue weighted by atomic mass is 10.2. The minimum absolute atomic E-state index is 0.105.